The van der Waals surface area contributed by atoms with Crippen molar-refractivity contribution in [2.45, 2.75) is 30.7 Å². The summed E-state index contributed by atoms with van der Waals surface area (Å²) in [5.41, 5.74) is 1.80. The SMILES string of the molecule is CC(NC(=O)c1cc(S(=O)(=O)N2CCCC2)ccc1Cl)c1nc2ccccc2[nH]1. The third kappa shape index (κ3) is 3.88. The fourth-order valence-electron chi connectivity index (χ4n) is 3.44. The van der Waals surface area contributed by atoms with Gasteiger partial charge in [-0.15, -0.1) is 0 Å². The van der Waals surface area contributed by atoms with E-state index in [-0.39, 0.29) is 15.5 Å². The van der Waals surface area contributed by atoms with Crippen molar-refractivity contribution in [2.75, 3.05) is 13.1 Å². The van der Waals surface area contributed by atoms with Gasteiger partial charge in [-0.3, -0.25) is 4.79 Å². The molecule has 1 amide bonds. The van der Waals surface area contributed by atoms with Crippen molar-refractivity contribution in [1.82, 2.24) is 19.6 Å². The van der Waals surface area contributed by atoms with E-state index in [4.69, 9.17) is 11.6 Å². The minimum Gasteiger partial charge on any atom is -0.342 e. The molecule has 29 heavy (non-hydrogen) atoms. The van der Waals surface area contributed by atoms with Gasteiger partial charge in [0.05, 0.1) is 32.6 Å². The molecule has 0 radical (unpaired) electrons. The molecule has 4 rings (SSSR count). The molecule has 2 heterocycles. The van der Waals surface area contributed by atoms with E-state index in [9.17, 15) is 13.2 Å². The number of H-pyrrole nitrogens is 1. The van der Waals surface area contributed by atoms with Crippen LogP contribution in [0.1, 0.15) is 42.0 Å². The average Bonchev–Trinajstić information content (AvgIpc) is 3.38. The van der Waals surface area contributed by atoms with Crippen molar-refractivity contribution in [2.24, 2.45) is 0 Å². The molecule has 1 atom stereocenters. The summed E-state index contributed by atoms with van der Waals surface area (Å²) in [4.78, 5) is 20.6. The Bertz CT molecular complexity index is 1140. The molecule has 0 bridgehead atoms. The number of imidazole rings is 1. The summed E-state index contributed by atoms with van der Waals surface area (Å²) in [7, 11) is -3.63. The van der Waals surface area contributed by atoms with Crippen molar-refractivity contribution in [3.8, 4) is 0 Å². The van der Waals surface area contributed by atoms with Crippen LogP contribution in [-0.2, 0) is 10.0 Å². The summed E-state index contributed by atoms with van der Waals surface area (Å²) in [5.74, 6) is 0.151. The molecule has 1 aliphatic rings. The van der Waals surface area contributed by atoms with Gasteiger partial charge in [0.1, 0.15) is 5.82 Å². The lowest BCUT2D eigenvalue weighted by atomic mass is 10.2. The van der Waals surface area contributed by atoms with Crippen LogP contribution < -0.4 is 5.32 Å². The number of carbonyl (C=O) groups excluding carboxylic acids is 1. The number of hydrogen-bond donors (Lipinski definition) is 2. The molecule has 0 spiro atoms. The molecule has 1 aliphatic heterocycles. The number of carbonyl (C=O) groups is 1. The zero-order chi connectivity index (χ0) is 20.6. The van der Waals surface area contributed by atoms with E-state index in [1.807, 2.05) is 24.3 Å². The second kappa shape index (κ2) is 7.78. The van der Waals surface area contributed by atoms with E-state index in [0.717, 1.165) is 23.9 Å². The van der Waals surface area contributed by atoms with Crippen LogP contribution in [-0.4, -0.2) is 41.7 Å². The second-order valence-corrected chi connectivity index (χ2v) is 9.43. The maximum atomic E-state index is 12.8. The first-order valence-electron chi connectivity index (χ1n) is 9.41. The first-order chi connectivity index (χ1) is 13.9. The molecule has 2 aromatic carbocycles. The summed E-state index contributed by atoms with van der Waals surface area (Å²) < 4.78 is 27.0. The monoisotopic (exact) mass is 432 g/mol. The zero-order valence-corrected chi connectivity index (χ0v) is 17.4. The van der Waals surface area contributed by atoms with Gasteiger partial charge in [0.25, 0.3) is 5.91 Å². The summed E-state index contributed by atoms with van der Waals surface area (Å²) in [6, 6.07) is 11.4. The Kier molecular flexibility index (Phi) is 5.33. The number of nitrogens with zero attached hydrogens (tertiary/aromatic N) is 2. The van der Waals surface area contributed by atoms with Crippen LogP contribution >= 0.6 is 11.6 Å². The largest absolute Gasteiger partial charge is 0.342 e. The minimum atomic E-state index is -3.63. The van der Waals surface area contributed by atoms with Gasteiger partial charge in [0, 0.05) is 13.1 Å². The number of para-hydroxylation sites is 2. The van der Waals surface area contributed by atoms with E-state index in [2.05, 4.69) is 15.3 Å². The van der Waals surface area contributed by atoms with Gasteiger partial charge in [-0.05, 0) is 50.1 Å². The number of benzene rings is 2. The van der Waals surface area contributed by atoms with E-state index in [1.54, 1.807) is 6.92 Å². The van der Waals surface area contributed by atoms with Gasteiger partial charge in [-0.25, -0.2) is 13.4 Å². The van der Waals surface area contributed by atoms with Crippen LogP contribution in [0.2, 0.25) is 5.02 Å². The molecule has 1 aromatic heterocycles. The predicted molar refractivity (Wildman–Crippen MR) is 111 cm³/mol. The standard InChI is InChI=1S/C20H21ClN4O3S/c1-13(19-23-17-6-2-3-7-18(17)24-19)22-20(26)15-12-14(8-9-16(15)21)29(27,28)25-10-4-5-11-25/h2-3,6-9,12-13H,4-5,10-11H2,1H3,(H,22,26)(H,23,24). The van der Waals surface area contributed by atoms with Gasteiger partial charge in [0.15, 0.2) is 0 Å². The van der Waals surface area contributed by atoms with Crippen LogP contribution in [0.25, 0.3) is 11.0 Å². The van der Waals surface area contributed by atoms with Crippen molar-refractivity contribution in [1.29, 1.82) is 0 Å². The summed E-state index contributed by atoms with van der Waals surface area (Å²) in [6.45, 7) is 2.79. The van der Waals surface area contributed by atoms with Crippen LogP contribution in [0, 0.1) is 0 Å². The summed E-state index contributed by atoms with van der Waals surface area (Å²) in [6.07, 6.45) is 1.68. The minimum absolute atomic E-state index is 0.0744. The molecule has 0 aliphatic carbocycles. The zero-order valence-electron chi connectivity index (χ0n) is 15.9. The third-order valence-electron chi connectivity index (χ3n) is 5.05. The Balaban J connectivity index is 1.58. The van der Waals surface area contributed by atoms with Gasteiger partial charge < -0.3 is 10.3 Å². The van der Waals surface area contributed by atoms with Crippen LogP contribution in [0.5, 0.6) is 0 Å². The quantitative estimate of drug-likeness (QED) is 0.645. The molecule has 1 unspecified atom stereocenters. The number of hydrogen-bond acceptors (Lipinski definition) is 4. The Morgan fingerprint density at radius 3 is 2.66 bits per heavy atom. The van der Waals surface area contributed by atoms with E-state index >= 15 is 0 Å². The highest BCUT2D eigenvalue weighted by Crippen LogP contribution is 2.26. The Morgan fingerprint density at radius 2 is 1.93 bits per heavy atom. The fourth-order valence-corrected chi connectivity index (χ4v) is 5.18. The average molecular weight is 433 g/mol. The van der Waals surface area contributed by atoms with Gasteiger partial charge in [0.2, 0.25) is 10.0 Å². The number of fused-ring (bicyclic) bond motifs is 1. The number of amides is 1. The highest BCUT2D eigenvalue weighted by molar-refractivity contribution is 7.89. The summed E-state index contributed by atoms with van der Waals surface area (Å²) in [5, 5.41) is 3.03. The van der Waals surface area contributed by atoms with Crippen LogP contribution in [0.15, 0.2) is 47.4 Å². The second-order valence-electron chi connectivity index (χ2n) is 7.09. The Hall–Kier alpha value is -2.42. The molecule has 3 aromatic rings. The first kappa shape index (κ1) is 19.9. The van der Waals surface area contributed by atoms with E-state index in [1.165, 1.54) is 22.5 Å². The van der Waals surface area contributed by atoms with Crippen molar-refractivity contribution < 1.29 is 13.2 Å². The highest BCUT2D eigenvalue weighted by atomic mass is 35.5. The maximum absolute atomic E-state index is 12.8. The fraction of sp³-hybridized carbons (Fsp3) is 0.300. The molecule has 7 nitrogen and oxygen atoms in total. The van der Waals surface area contributed by atoms with Crippen molar-refractivity contribution in [3.05, 3.63) is 58.9 Å². The molecule has 9 heteroatoms. The lowest BCUT2D eigenvalue weighted by Crippen LogP contribution is -2.29. The lowest BCUT2D eigenvalue weighted by Gasteiger charge is -2.17. The molecular weight excluding hydrogens is 412 g/mol. The number of halogens is 1. The van der Waals surface area contributed by atoms with Crippen molar-refractivity contribution in [3.63, 3.8) is 0 Å². The number of rotatable bonds is 5. The van der Waals surface area contributed by atoms with Gasteiger partial charge in [-0.1, -0.05) is 23.7 Å². The number of sulfonamides is 1. The smallest absolute Gasteiger partial charge is 0.253 e. The van der Waals surface area contributed by atoms with E-state index in [0.29, 0.717) is 18.9 Å². The number of aromatic nitrogens is 2. The first-order valence-corrected chi connectivity index (χ1v) is 11.2. The molecule has 1 saturated heterocycles. The predicted octanol–water partition coefficient (Wildman–Crippen LogP) is 3.49. The molecule has 0 saturated carbocycles. The normalized spacial score (nSPS) is 16.2. The number of aromatic amines is 1. The molecule has 1 fully saturated rings. The topological polar surface area (TPSA) is 95.2 Å². The molecular formula is C20H21ClN4O3S. The van der Waals surface area contributed by atoms with Crippen LogP contribution in [0.3, 0.4) is 0 Å². The van der Waals surface area contributed by atoms with Crippen LogP contribution in [0.4, 0.5) is 0 Å². The summed E-state index contributed by atoms with van der Waals surface area (Å²) >= 11 is 6.20. The molecule has 2 N–H and O–H groups in total. The Morgan fingerprint density at radius 1 is 1.21 bits per heavy atom. The third-order valence-corrected chi connectivity index (χ3v) is 7.27. The Labute approximate surface area is 174 Å². The lowest BCUT2D eigenvalue weighted by molar-refractivity contribution is 0.0938. The van der Waals surface area contributed by atoms with Gasteiger partial charge >= 0.3 is 0 Å². The van der Waals surface area contributed by atoms with Crippen molar-refractivity contribution >= 4 is 38.6 Å². The maximum Gasteiger partial charge on any atom is 0.253 e. The van der Waals surface area contributed by atoms with E-state index < -0.39 is 22.0 Å². The van der Waals surface area contributed by atoms with Gasteiger partial charge in [-0.2, -0.15) is 4.31 Å². The molecule has 152 valence electrons. The highest BCUT2D eigenvalue weighted by Gasteiger charge is 2.28. The number of nitrogens with one attached hydrogen (secondary N) is 2.